The molecule has 1 N–H and O–H groups in total. The van der Waals surface area contributed by atoms with Crippen LogP contribution in [0.25, 0.3) is 0 Å². The highest BCUT2D eigenvalue weighted by molar-refractivity contribution is 5.53. The van der Waals surface area contributed by atoms with Crippen molar-refractivity contribution >= 4 is 0 Å². The number of ether oxygens (including phenoxy) is 3. The first-order valence-electron chi connectivity index (χ1n) is 6.56. The van der Waals surface area contributed by atoms with E-state index in [2.05, 4.69) is 5.32 Å². The highest BCUT2D eigenvalue weighted by Crippen LogP contribution is 2.39. The first-order valence-corrected chi connectivity index (χ1v) is 6.56. The number of benzene rings is 1. The fourth-order valence-corrected chi connectivity index (χ4v) is 1.72. The Kier molecular flexibility index (Phi) is 6.61. The molecule has 0 atom stereocenters. The first kappa shape index (κ1) is 17.4. The zero-order chi connectivity index (χ0) is 15.9. The van der Waals surface area contributed by atoms with E-state index in [1.165, 1.54) is 14.2 Å². The van der Waals surface area contributed by atoms with Gasteiger partial charge in [0.05, 0.1) is 27.2 Å². The van der Waals surface area contributed by atoms with Crippen molar-refractivity contribution in [1.82, 2.24) is 5.32 Å². The Morgan fingerprint density at radius 1 is 1.10 bits per heavy atom. The topological polar surface area (TPSA) is 39.7 Å². The predicted molar refractivity (Wildman–Crippen MR) is 73.1 cm³/mol. The second kappa shape index (κ2) is 7.97. The zero-order valence-electron chi connectivity index (χ0n) is 12.3. The van der Waals surface area contributed by atoms with Crippen LogP contribution in [-0.2, 0) is 6.54 Å². The molecule has 4 nitrogen and oxygen atoms in total. The van der Waals surface area contributed by atoms with Gasteiger partial charge in [-0.2, -0.15) is 13.2 Å². The van der Waals surface area contributed by atoms with Gasteiger partial charge in [0.25, 0.3) is 0 Å². The average Bonchev–Trinajstić information content (AvgIpc) is 2.44. The van der Waals surface area contributed by atoms with Crippen LogP contribution in [0.4, 0.5) is 13.2 Å². The molecular formula is C14H20F3NO3. The Hall–Kier alpha value is -1.63. The zero-order valence-corrected chi connectivity index (χ0v) is 12.3. The summed E-state index contributed by atoms with van der Waals surface area (Å²) in [7, 11) is 2.87. The maximum absolute atomic E-state index is 12.2. The molecule has 0 aromatic heterocycles. The van der Waals surface area contributed by atoms with E-state index in [0.717, 1.165) is 12.1 Å². The number of rotatable bonds is 8. The van der Waals surface area contributed by atoms with Crippen molar-refractivity contribution in [3.05, 3.63) is 17.7 Å². The van der Waals surface area contributed by atoms with Crippen LogP contribution in [-0.4, -0.2) is 33.5 Å². The largest absolute Gasteiger partial charge is 0.493 e. The van der Waals surface area contributed by atoms with E-state index >= 15 is 0 Å². The molecular weight excluding hydrogens is 287 g/mol. The molecule has 1 aromatic rings. The molecule has 1 aromatic carbocycles. The maximum atomic E-state index is 12.2. The smallest absolute Gasteiger partial charge is 0.392 e. The standard InChI is InChI=1S/C14H20F3NO3/c1-4-18-9-10-7-11(19-2)13(12(8-10)20-3)21-6-5-14(15,16)17/h7-8,18H,4-6,9H2,1-3H3. The number of nitrogens with one attached hydrogen (secondary N) is 1. The van der Waals surface area contributed by atoms with Crippen LogP contribution < -0.4 is 19.5 Å². The predicted octanol–water partition coefficient (Wildman–Crippen LogP) is 3.14. The Morgan fingerprint density at radius 2 is 1.67 bits per heavy atom. The fourth-order valence-electron chi connectivity index (χ4n) is 1.72. The van der Waals surface area contributed by atoms with Crippen molar-refractivity contribution in [1.29, 1.82) is 0 Å². The molecule has 0 aliphatic rings. The summed E-state index contributed by atoms with van der Waals surface area (Å²) in [6.45, 7) is 2.90. The van der Waals surface area contributed by atoms with E-state index in [0.29, 0.717) is 18.0 Å². The number of methoxy groups -OCH3 is 2. The van der Waals surface area contributed by atoms with Crippen LogP contribution in [0.3, 0.4) is 0 Å². The van der Waals surface area contributed by atoms with Gasteiger partial charge in [0.1, 0.15) is 0 Å². The van der Waals surface area contributed by atoms with Crippen LogP contribution in [0.15, 0.2) is 12.1 Å². The summed E-state index contributed by atoms with van der Waals surface area (Å²) in [6, 6.07) is 3.43. The van der Waals surface area contributed by atoms with Crippen molar-refractivity contribution in [2.24, 2.45) is 0 Å². The van der Waals surface area contributed by atoms with Gasteiger partial charge in [0, 0.05) is 6.54 Å². The third-order valence-electron chi connectivity index (χ3n) is 2.73. The average molecular weight is 307 g/mol. The van der Waals surface area contributed by atoms with Gasteiger partial charge in [-0.1, -0.05) is 6.92 Å². The molecule has 0 aliphatic heterocycles. The van der Waals surface area contributed by atoms with Crippen LogP contribution >= 0.6 is 0 Å². The molecule has 0 radical (unpaired) electrons. The third-order valence-corrected chi connectivity index (χ3v) is 2.73. The van der Waals surface area contributed by atoms with Gasteiger partial charge in [-0.25, -0.2) is 0 Å². The monoisotopic (exact) mass is 307 g/mol. The van der Waals surface area contributed by atoms with Gasteiger partial charge in [-0.05, 0) is 24.2 Å². The number of hydrogen-bond donors (Lipinski definition) is 1. The minimum absolute atomic E-state index is 0.185. The number of alkyl halides is 3. The molecule has 7 heteroatoms. The molecule has 0 bridgehead atoms. The molecule has 1 rings (SSSR count). The molecule has 0 amide bonds. The highest BCUT2D eigenvalue weighted by Gasteiger charge is 2.27. The van der Waals surface area contributed by atoms with Gasteiger partial charge < -0.3 is 19.5 Å². The minimum atomic E-state index is -4.26. The second-order valence-electron chi connectivity index (χ2n) is 4.32. The van der Waals surface area contributed by atoms with Crippen molar-refractivity contribution in [3.63, 3.8) is 0 Å². The number of halogens is 3. The van der Waals surface area contributed by atoms with E-state index in [-0.39, 0.29) is 5.75 Å². The van der Waals surface area contributed by atoms with Gasteiger partial charge in [-0.3, -0.25) is 0 Å². The quantitative estimate of drug-likeness (QED) is 0.801. The molecule has 21 heavy (non-hydrogen) atoms. The lowest BCUT2D eigenvalue weighted by Gasteiger charge is -2.16. The number of hydrogen-bond acceptors (Lipinski definition) is 4. The lowest BCUT2D eigenvalue weighted by molar-refractivity contribution is -0.139. The van der Waals surface area contributed by atoms with E-state index in [9.17, 15) is 13.2 Å². The van der Waals surface area contributed by atoms with E-state index in [1.54, 1.807) is 12.1 Å². The highest BCUT2D eigenvalue weighted by atomic mass is 19.4. The molecule has 0 fully saturated rings. The summed E-state index contributed by atoms with van der Waals surface area (Å²) in [5.74, 6) is 0.887. The minimum Gasteiger partial charge on any atom is -0.493 e. The molecule has 120 valence electrons. The first-order chi connectivity index (χ1) is 9.91. The maximum Gasteiger partial charge on any atom is 0.392 e. The van der Waals surface area contributed by atoms with Crippen LogP contribution in [0.2, 0.25) is 0 Å². The van der Waals surface area contributed by atoms with Gasteiger partial charge in [-0.15, -0.1) is 0 Å². The Balaban J connectivity index is 2.90. The van der Waals surface area contributed by atoms with Crippen molar-refractivity contribution in [2.75, 3.05) is 27.4 Å². The Labute approximate surface area is 122 Å². The summed E-state index contributed by atoms with van der Waals surface area (Å²) in [5.41, 5.74) is 0.897. The van der Waals surface area contributed by atoms with Gasteiger partial charge in [0.15, 0.2) is 11.5 Å². The third kappa shape index (κ3) is 5.71. The molecule has 0 spiro atoms. The molecule has 0 heterocycles. The van der Waals surface area contributed by atoms with Gasteiger partial charge >= 0.3 is 6.18 Å². The van der Waals surface area contributed by atoms with Crippen LogP contribution in [0.1, 0.15) is 18.9 Å². The molecule has 0 unspecified atom stereocenters. The normalized spacial score (nSPS) is 11.3. The van der Waals surface area contributed by atoms with Crippen molar-refractivity contribution in [2.45, 2.75) is 26.1 Å². The molecule has 0 saturated heterocycles. The summed E-state index contributed by atoms with van der Waals surface area (Å²) in [6.07, 6.45) is -5.29. The van der Waals surface area contributed by atoms with Gasteiger partial charge in [0.2, 0.25) is 5.75 Å². The fraction of sp³-hybridized carbons (Fsp3) is 0.571. The van der Waals surface area contributed by atoms with Crippen LogP contribution in [0.5, 0.6) is 17.2 Å². The molecule has 0 aliphatic carbocycles. The lowest BCUT2D eigenvalue weighted by atomic mass is 10.1. The van der Waals surface area contributed by atoms with E-state index in [4.69, 9.17) is 14.2 Å². The summed E-state index contributed by atoms with van der Waals surface area (Å²) < 4.78 is 52.1. The SMILES string of the molecule is CCNCc1cc(OC)c(OCCC(F)(F)F)c(OC)c1. The van der Waals surface area contributed by atoms with Crippen molar-refractivity contribution < 1.29 is 27.4 Å². The lowest BCUT2D eigenvalue weighted by Crippen LogP contribution is -2.14. The summed E-state index contributed by atoms with van der Waals surface area (Å²) in [5, 5.41) is 3.15. The Bertz CT molecular complexity index is 425. The van der Waals surface area contributed by atoms with E-state index < -0.39 is 19.2 Å². The Morgan fingerprint density at radius 3 is 2.10 bits per heavy atom. The summed E-state index contributed by atoms with van der Waals surface area (Å²) in [4.78, 5) is 0. The summed E-state index contributed by atoms with van der Waals surface area (Å²) >= 11 is 0. The second-order valence-corrected chi connectivity index (χ2v) is 4.32. The van der Waals surface area contributed by atoms with Crippen LogP contribution in [0, 0.1) is 0 Å². The van der Waals surface area contributed by atoms with E-state index in [1.807, 2.05) is 6.92 Å². The van der Waals surface area contributed by atoms with Crippen molar-refractivity contribution in [3.8, 4) is 17.2 Å². The molecule has 0 saturated carbocycles.